The predicted octanol–water partition coefficient (Wildman–Crippen LogP) is 2.05. The Kier molecular flexibility index (Phi) is 2.41. The first-order valence-corrected chi connectivity index (χ1v) is 5.81. The SMILES string of the molecule is Cn1c(=O)n(-c2ccc(N)cc2F)c2ccccc21. The first kappa shape index (κ1) is 11.5. The highest BCUT2D eigenvalue weighted by molar-refractivity contribution is 5.78. The summed E-state index contributed by atoms with van der Waals surface area (Å²) < 4.78 is 16.8. The largest absolute Gasteiger partial charge is 0.399 e. The highest BCUT2D eigenvalue weighted by Crippen LogP contribution is 2.20. The van der Waals surface area contributed by atoms with Crippen molar-refractivity contribution < 1.29 is 4.39 Å². The summed E-state index contributed by atoms with van der Waals surface area (Å²) in [6.07, 6.45) is 0. The summed E-state index contributed by atoms with van der Waals surface area (Å²) in [4.78, 5) is 12.3. The highest BCUT2D eigenvalue weighted by Gasteiger charge is 2.14. The van der Waals surface area contributed by atoms with Gasteiger partial charge in [0.1, 0.15) is 5.82 Å². The van der Waals surface area contributed by atoms with Crippen LogP contribution in [0.1, 0.15) is 0 Å². The minimum absolute atomic E-state index is 0.205. The zero-order chi connectivity index (χ0) is 13.6. The van der Waals surface area contributed by atoms with Crippen LogP contribution < -0.4 is 11.4 Å². The molecule has 1 aromatic heterocycles. The van der Waals surface area contributed by atoms with Crippen LogP contribution in [0.3, 0.4) is 0 Å². The van der Waals surface area contributed by atoms with Crippen molar-refractivity contribution in [2.75, 3.05) is 5.73 Å². The average molecular weight is 257 g/mol. The van der Waals surface area contributed by atoms with Crippen molar-refractivity contribution in [3.05, 3.63) is 58.8 Å². The predicted molar refractivity (Wildman–Crippen MR) is 72.9 cm³/mol. The Morgan fingerprint density at radius 3 is 2.47 bits per heavy atom. The molecule has 4 nitrogen and oxygen atoms in total. The van der Waals surface area contributed by atoms with E-state index in [4.69, 9.17) is 5.73 Å². The lowest BCUT2D eigenvalue weighted by molar-refractivity contribution is 0.617. The number of para-hydroxylation sites is 2. The molecule has 0 aliphatic rings. The van der Waals surface area contributed by atoms with E-state index in [1.165, 1.54) is 21.3 Å². The van der Waals surface area contributed by atoms with Crippen LogP contribution >= 0.6 is 0 Å². The van der Waals surface area contributed by atoms with Gasteiger partial charge >= 0.3 is 5.69 Å². The van der Waals surface area contributed by atoms with E-state index in [1.54, 1.807) is 19.2 Å². The number of nitrogens with zero attached hydrogens (tertiary/aromatic N) is 2. The second kappa shape index (κ2) is 3.98. The fraction of sp³-hybridized carbons (Fsp3) is 0.0714. The number of fused-ring (bicyclic) bond motifs is 1. The summed E-state index contributed by atoms with van der Waals surface area (Å²) >= 11 is 0. The molecule has 96 valence electrons. The van der Waals surface area contributed by atoms with Gasteiger partial charge in [-0.05, 0) is 30.3 Å². The Bertz CT molecular complexity index is 832. The smallest absolute Gasteiger partial charge is 0.333 e. The van der Waals surface area contributed by atoms with Gasteiger partial charge in [0.2, 0.25) is 0 Å². The number of aromatic nitrogens is 2. The van der Waals surface area contributed by atoms with E-state index in [9.17, 15) is 9.18 Å². The molecule has 2 aromatic carbocycles. The van der Waals surface area contributed by atoms with Crippen molar-refractivity contribution in [2.45, 2.75) is 0 Å². The minimum Gasteiger partial charge on any atom is -0.399 e. The van der Waals surface area contributed by atoms with Gasteiger partial charge in [0.05, 0.1) is 16.7 Å². The molecule has 0 aliphatic heterocycles. The van der Waals surface area contributed by atoms with Gasteiger partial charge < -0.3 is 5.73 Å². The van der Waals surface area contributed by atoms with Crippen LogP contribution in [0.25, 0.3) is 16.7 Å². The topological polar surface area (TPSA) is 53.0 Å². The van der Waals surface area contributed by atoms with Crippen LogP contribution in [0, 0.1) is 5.82 Å². The summed E-state index contributed by atoms with van der Waals surface area (Å²) in [7, 11) is 1.66. The van der Waals surface area contributed by atoms with Gasteiger partial charge in [-0.1, -0.05) is 12.1 Å². The van der Waals surface area contributed by atoms with Crippen molar-refractivity contribution in [3.8, 4) is 5.69 Å². The van der Waals surface area contributed by atoms with Gasteiger partial charge in [0.25, 0.3) is 0 Å². The quantitative estimate of drug-likeness (QED) is 0.678. The molecule has 0 fully saturated rings. The maximum absolute atomic E-state index is 14.0. The normalized spacial score (nSPS) is 11.1. The summed E-state index contributed by atoms with van der Waals surface area (Å²) in [6, 6.07) is 11.6. The van der Waals surface area contributed by atoms with E-state index in [2.05, 4.69) is 0 Å². The van der Waals surface area contributed by atoms with E-state index in [1.807, 2.05) is 18.2 Å². The Balaban J connectivity index is 2.43. The molecule has 0 saturated heterocycles. The number of halogens is 1. The molecule has 3 aromatic rings. The maximum Gasteiger partial charge on any atom is 0.333 e. The average Bonchev–Trinajstić information content (AvgIpc) is 2.64. The summed E-state index contributed by atoms with van der Waals surface area (Å²) in [5.41, 5.74) is 7.19. The Hall–Kier alpha value is -2.56. The number of hydrogen-bond donors (Lipinski definition) is 1. The first-order chi connectivity index (χ1) is 9.09. The number of imidazole rings is 1. The second-order valence-corrected chi connectivity index (χ2v) is 4.38. The molecule has 0 bridgehead atoms. The molecule has 0 aliphatic carbocycles. The number of nitrogen functional groups attached to an aromatic ring is 1. The molecule has 0 radical (unpaired) electrons. The van der Waals surface area contributed by atoms with E-state index < -0.39 is 5.82 Å². The molecule has 0 saturated carbocycles. The second-order valence-electron chi connectivity index (χ2n) is 4.38. The van der Waals surface area contributed by atoms with E-state index in [0.717, 1.165) is 5.52 Å². The zero-order valence-corrected chi connectivity index (χ0v) is 10.3. The Morgan fingerprint density at radius 2 is 1.79 bits per heavy atom. The Labute approximate surface area is 108 Å². The Morgan fingerprint density at radius 1 is 1.11 bits per heavy atom. The van der Waals surface area contributed by atoms with Crippen LogP contribution in [0.5, 0.6) is 0 Å². The summed E-state index contributed by atoms with van der Waals surface area (Å²) in [6.45, 7) is 0. The minimum atomic E-state index is -0.515. The highest BCUT2D eigenvalue weighted by atomic mass is 19.1. The van der Waals surface area contributed by atoms with Crippen LogP contribution in [0.2, 0.25) is 0 Å². The lowest BCUT2D eigenvalue weighted by Gasteiger charge is -2.05. The molecule has 3 rings (SSSR count). The molecule has 0 amide bonds. The van der Waals surface area contributed by atoms with Crippen LogP contribution in [0.15, 0.2) is 47.3 Å². The van der Waals surface area contributed by atoms with Gasteiger partial charge in [0, 0.05) is 12.7 Å². The van der Waals surface area contributed by atoms with Crippen molar-refractivity contribution in [1.82, 2.24) is 9.13 Å². The molecule has 19 heavy (non-hydrogen) atoms. The molecular weight excluding hydrogens is 245 g/mol. The van der Waals surface area contributed by atoms with Crippen LogP contribution in [0.4, 0.5) is 10.1 Å². The lowest BCUT2D eigenvalue weighted by atomic mass is 10.2. The standard InChI is InChI=1S/C14H12FN3O/c1-17-12-4-2-3-5-13(12)18(14(17)19)11-7-6-9(16)8-10(11)15/h2-8H,16H2,1H3. The van der Waals surface area contributed by atoms with Gasteiger partial charge in [-0.25, -0.2) is 9.18 Å². The van der Waals surface area contributed by atoms with Crippen molar-refractivity contribution in [1.29, 1.82) is 0 Å². The zero-order valence-electron chi connectivity index (χ0n) is 10.3. The molecule has 0 atom stereocenters. The fourth-order valence-corrected chi connectivity index (χ4v) is 2.23. The number of rotatable bonds is 1. The van der Waals surface area contributed by atoms with Crippen LogP contribution in [-0.2, 0) is 7.05 Å². The molecular formula is C14H12FN3O. The third-order valence-corrected chi connectivity index (χ3v) is 3.17. The van der Waals surface area contributed by atoms with Gasteiger partial charge in [0.15, 0.2) is 0 Å². The van der Waals surface area contributed by atoms with Crippen molar-refractivity contribution in [3.63, 3.8) is 0 Å². The van der Waals surface area contributed by atoms with Gasteiger partial charge in [-0.2, -0.15) is 0 Å². The van der Waals surface area contributed by atoms with E-state index in [0.29, 0.717) is 11.2 Å². The third-order valence-electron chi connectivity index (χ3n) is 3.17. The number of nitrogens with two attached hydrogens (primary N) is 1. The number of anilines is 1. The number of hydrogen-bond acceptors (Lipinski definition) is 2. The van der Waals surface area contributed by atoms with Gasteiger partial charge in [-0.15, -0.1) is 0 Å². The monoisotopic (exact) mass is 257 g/mol. The van der Waals surface area contributed by atoms with E-state index >= 15 is 0 Å². The van der Waals surface area contributed by atoms with E-state index in [-0.39, 0.29) is 11.4 Å². The molecule has 1 heterocycles. The summed E-state index contributed by atoms with van der Waals surface area (Å²) in [5.74, 6) is -0.515. The summed E-state index contributed by atoms with van der Waals surface area (Å²) in [5, 5.41) is 0. The molecule has 5 heteroatoms. The van der Waals surface area contributed by atoms with Crippen LogP contribution in [-0.4, -0.2) is 9.13 Å². The molecule has 0 unspecified atom stereocenters. The number of aryl methyl sites for hydroxylation is 1. The van der Waals surface area contributed by atoms with Gasteiger partial charge in [-0.3, -0.25) is 9.13 Å². The van der Waals surface area contributed by atoms with Crippen molar-refractivity contribution in [2.24, 2.45) is 7.05 Å². The molecule has 2 N–H and O–H groups in total. The number of benzene rings is 2. The fourth-order valence-electron chi connectivity index (χ4n) is 2.23. The van der Waals surface area contributed by atoms with Crippen molar-refractivity contribution >= 4 is 16.7 Å². The molecule has 0 spiro atoms. The maximum atomic E-state index is 14.0. The third kappa shape index (κ3) is 1.62. The lowest BCUT2D eigenvalue weighted by Crippen LogP contribution is -2.21. The first-order valence-electron chi connectivity index (χ1n) is 5.81.